The van der Waals surface area contributed by atoms with Crippen molar-refractivity contribution >= 4 is 0 Å². The van der Waals surface area contributed by atoms with Crippen molar-refractivity contribution in [2.24, 2.45) is 0 Å². The second kappa shape index (κ2) is 7.90. The number of fused-ring (bicyclic) bond motifs is 1. The Balaban J connectivity index is 1.27. The van der Waals surface area contributed by atoms with Crippen LogP contribution in [0.4, 0.5) is 0 Å². The van der Waals surface area contributed by atoms with Gasteiger partial charge < -0.3 is 0 Å². The number of hydrogen-bond acceptors (Lipinski definition) is 3. The van der Waals surface area contributed by atoms with Crippen LogP contribution in [-0.4, -0.2) is 45.7 Å². The van der Waals surface area contributed by atoms with E-state index in [2.05, 4.69) is 74.6 Å². The maximum Gasteiger partial charge on any atom is 0.0695 e. The van der Waals surface area contributed by atoms with Crippen molar-refractivity contribution in [1.82, 2.24) is 20.0 Å². The van der Waals surface area contributed by atoms with E-state index in [1.807, 2.05) is 6.20 Å². The van der Waals surface area contributed by atoms with E-state index in [0.29, 0.717) is 6.04 Å². The van der Waals surface area contributed by atoms with E-state index in [4.69, 9.17) is 0 Å². The van der Waals surface area contributed by atoms with Gasteiger partial charge in [0.2, 0.25) is 0 Å². The Morgan fingerprint density at radius 2 is 1.79 bits per heavy atom. The third kappa shape index (κ3) is 3.62. The summed E-state index contributed by atoms with van der Waals surface area (Å²) in [5, 5.41) is 7.55. The van der Waals surface area contributed by atoms with Crippen molar-refractivity contribution in [3.63, 3.8) is 0 Å². The number of rotatable bonds is 4. The Morgan fingerprint density at radius 1 is 0.964 bits per heavy atom. The molecule has 144 valence electrons. The summed E-state index contributed by atoms with van der Waals surface area (Å²) in [6.07, 6.45) is 5.78. The predicted molar refractivity (Wildman–Crippen MR) is 113 cm³/mol. The van der Waals surface area contributed by atoms with Crippen molar-refractivity contribution in [3.05, 3.63) is 77.5 Å². The maximum atomic E-state index is 4.34. The first-order valence-electron chi connectivity index (χ1n) is 10.5. The van der Waals surface area contributed by atoms with E-state index < -0.39 is 0 Å². The topological polar surface area (TPSA) is 35.2 Å². The van der Waals surface area contributed by atoms with Gasteiger partial charge in [-0.2, -0.15) is 5.10 Å². The summed E-state index contributed by atoms with van der Waals surface area (Å²) >= 11 is 0. The smallest absolute Gasteiger partial charge is 0.0695 e. The molecule has 1 unspecified atom stereocenters. The summed E-state index contributed by atoms with van der Waals surface area (Å²) in [7, 11) is 0. The Bertz CT molecular complexity index is 917. The molecule has 0 aliphatic carbocycles. The molecule has 4 nitrogen and oxygen atoms in total. The Labute approximate surface area is 167 Å². The standard InChI is InChI=1S/C24H28N4/c1-2-8-20(9-3-1)24-22(15-25-26-24)16-27-13-6-11-23(18-27)28-14-12-19-7-4-5-10-21(19)17-28/h1-5,7-10,15,23H,6,11-14,16-18H2,(H,25,26). The van der Waals surface area contributed by atoms with Crippen molar-refractivity contribution in [1.29, 1.82) is 0 Å². The number of aromatic amines is 1. The second-order valence-corrected chi connectivity index (χ2v) is 8.16. The van der Waals surface area contributed by atoms with Gasteiger partial charge in [-0.25, -0.2) is 0 Å². The van der Waals surface area contributed by atoms with Gasteiger partial charge in [-0.05, 0) is 42.5 Å². The van der Waals surface area contributed by atoms with Crippen molar-refractivity contribution in [2.75, 3.05) is 19.6 Å². The van der Waals surface area contributed by atoms with Crippen LogP contribution >= 0.6 is 0 Å². The molecule has 0 amide bonds. The van der Waals surface area contributed by atoms with E-state index in [0.717, 1.165) is 25.3 Å². The van der Waals surface area contributed by atoms with Crippen molar-refractivity contribution < 1.29 is 0 Å². The molecule has 3 heterocycles. The zero-order valence-corrected chi connectivity index (χ0v) is 16.3. The number of piperidine rings is 1. The summed E-state index contributed by atoms with van der Waals surface area (Å²) in [5.74, 6) is 0. The molecule has 0 bridgehead atoms. The van der Waals surface area contributed by atoms with Gasteiger partial charge in [0, 0.05) is 37.8 Å². The van der Waals surface area contributed by atoms with Crippen LogP contribution < -0.4 is 0 Å². The lowest BCUT2D eigenvalue weighted by Gasteiger charge is -2.41. The minimum Gasteiger partial charge on any atom is -0.297 e. The molecule has 0 spiro atoms. The van der Waals surface area contributed by atoms with Crippen LogP contribution in [0.5, 0.6) is 0 Å². The minimum absolute atomic E-state index is 0.661. The molecule has 3 aromatic rings. The van der Waals surface area contributed by atoms with Crippen LogP contribution in [0, 0.1) is 0 Å². The molecule has 2 aliphatic rings. The fourth-order valence-electron chi connectivity index (χ4n) is 4.83. The third-order valence-corrected chi connectivity index (χ3v) is 6.33. The van der Waals surface area contributed by atoms with E-state index in [9.17, 15) is 0 Å². The SMILES string of the molecule is c1ccc(-c2[nH]ncc2CN2CCCC(N3CCc4ccccc4C3)C2)cc1. The Morgan fingerprint density at radius 3 is 2.68 bits per heavy atom. The normalized spacial score (nSPS) is 20.8. The highest BCUT2D eigenvalue weighted by Crippen LogP contribution is 2.27. The first kappa shape index (κ1) is 17.7. The minimum atomic E-state index is 0.661. The quantitative estimate of drug-likeness (QED) is 0.749. The van der Waals surface area contributed by atoms with Crippen LogP contribution in [0.25, 0.3) is 11.3 Å². The number of benzene rings is 2. The van der Waals surface area contributed by atoms with E-state index >= 15 is 0 Å². The van der Waals surface area contributed by atoms with Gasteiger partial charge >= 0.3 is 0 Å². The average Bonchev–Trinajstić information content (AvgIpc) is 3.22. The van der Waals surface area contributed by atoms with Crippen molar-refractivity contribution in [2.45, 2.75) is 38.4 Å². The highest BCUT2D eigenvalue weighted by Gasteiger charge is 2.28. The number of aromatic nitrogens is 2. The summed E-state index contributed by atoms with van der Waals surface area (Å²) in [6, 6.07) is 20.2. The average molecular weight is 373 g/mol. The molecule has 1 atom stereocenters. The highest BCUT2D eigenvalue weighted by molar-refractivity contribution is 5.62. The second-order valence-electron chi connectivity index (χ2n) is 8.16. The van der Waals surface area contributed by atoms with Crippen LogP contribution in [0.2, 0.25) is 0 Å². The third-order valence-electron chi connectivity index (χ3n) is 6.33. The molecular formula is C24H28N4. The number of nitrogens with one attached hydrogen (secondary N) is 1. The van der Waals surface area contributed by atoms with Gasteiger partial charge in [0.15, 0.2) is 0 Å². The molecule has 0 saturated carbocycles. The summed E-state index contributed by atoms with van der Waals surface area (Å²) < 4.78 is 0. The molecule has 0 radical (unpaired) electrons. The van der Waals surface area contributed by atoms with Gasteiger partial charge in [0.1, 0.15) is 0 Å². The zero-order chi connectivity index (χ0) is 18.8. The highest BCUT2D eigenvalue weighted by atomic mass is 15.2. The largest absolute Gasteiger partial charge is 0.297 e. The summed E-state index contributed by atoms with van der Waals surface area (Å²) in [4.78, 5) is 5.33. The number of likely N-dealkylation sites (tertiary alicyclic amines) is 1. The summed E-state index contributed by atoms with van der Waals surface area (Å²) in [6.45, 7) is 5.61. The van der Waals surface area contributed by atoms with Crippen LogP contribution in [0.1, 0.15) is 29.5 Å². The number of hydrogen-bond donors (Lipinski definition) is 1. The molecule has 5 rings (SSSR count). The van der Waals surface area contributed by atoms with E-state index in [1.54, 1.807) is 0 Å². The van der Waals surface area contributed by atoms with Crippen LogP contribution in [-0.2, 0) is 19.5 Å². The van der Waals surface area contributed by atoms with Gasteiger partial charge in [-0.3, -0.25) is 14.9 Å². The molecule has 4 heteroatoms. The predicted octanol–water partition coefficient (Wildman–Crippen LogP) is 4.10. The molecule has 1 N–H and O–H groups in total. The fraction of sp³-hybridized carbons (Fsp3) is 0.375. The first-order chi connectivity index (χ1) is 13.9. The Hall–Kier alpha value is -2.43. The maximum absolute atomic E-state index is 4.34. The van der Waals surface area contributed by atoms with Crippen LogP contribution in [0.15, 0.2) is 60.8 Å². The van der Waals surface area contributed by atoms with Gasteiger partial charge in [-0.1, -0.05) is 54.6 Å². The molecule has 1 saturated heterocycles. The zero-order valence-electron chi connectivity index (χ0n) is 16.3. The lowest BCUT2D eigenvalue weighted by molar-refractivity contribution is 0.0839. The molecule has 28 heavy (non-hydrogen) atoms. The van der Waals surface area contributed by atoms with Crippen LogP contribution in [0.3, 0.4) is 0 Å². The fourth-order valence-corrected chi connectivity index (χ4v) is 4.83. The van der Waals surface area contributed by atoms with Gasteiger partial charge in [0.05, 0.1) is 11.9 Å². The number of nitrogens with zero attached hydrogens (tertiary/aromatic N) is 3. The lowest BCUT2D eigenvalue weighted by Crippen LogP contribution is -2.49. The Kier molecular flexibility index (Phi) is 4.98. The van der Waals surface area contributed by atoms with E-state index in [1.165, 1.54) is 54.6 Å². The van der Waals surface area contributed by atoms with Gasteiger partial charge in [0.25, 0.3) is 0 Å². The molecule has 2 aliphatic heterocycles. The molecule has 1 aromatic heterocycles. The monoisotopic (exact) mass is 372 g/mol. The van der Waals surface area contributed by atoms with Crippen molar-refractivity contribution in [3.8, 4) is 11.3 Å². The molecule has 1 fully saturated rings. The molecular weight excluding hydrogens is 344 g/mol. The van der Waals surface area contributed by atoms with Gasteiger partial charge in [-0.15, -0.1) is 0 Å². The summed E-state index contributed by atoms with van der Waals surface area (Å²) in [5.41, 5.74) is 6.74. The number of H-pyrrole nitrogens is 1. The first-order valence-corrected chi connectivity index (χ1v) is 10.5. The van der Waals surface area contributed by atoms with E-state index in [-0.39, 0.29) is 0 Å². The lowest BCUT2D eigenvalue weighted by atomic mass is 9.96. The molecule has 2 aromatic carbocycles.